The van der Waals surface area contributed by atoms with E-state index in [2.05, 4.69) is 25.2 Å². The van der Waals surface area contributed by atoms with Crippen molar-refractivity contribution in [2.45, 2.75) is 32.7 Å². The van der Waals surface area contributed by atoms with Gasteiger partial charge in [0.1, 0.15) is 5.75 Å². The number of methoxy groups -OCH3 is 1. The lowest BCUT2D eigenvalue weighted by Crippen LogP contribution is -2.20. The van der Waals surface area contributed by atoms with Gasteiger partial charge in [-0.05, 0) is 30.7 Å². The van der Waals surface area contributed by atoms with Crippen molar-refractivity contribution in [1.82, 2.24) is 5.32 Å². The van der Waals surface area contributed by atoms with Crippen molar-refractivity contribution in [2.24, 2.45) is 0 Å². The molecule has 0 radical (unpaired) electrons. The van der Waals surface area contributed by atoms with E-state index in [0.29, 0.717) is 11.1 Å². The third-order valence-electron chi connectivity index (χ3n) is 2.61. The SMILES string of the molecule is CCCC(NCC)c1ccc(Cl)c(OC)c1. The fraction of sp³-hybridized carbons (Fsp3) is 0.538. The van der Waals surface area contributed by atoms with E-state index in [0.717, 1.165) is 25.1 Å². The monoisotopic (exact) mass is 241 g/mol. The summed E-state index contributed by atoms with van der Waals surface area (Å²) in [6.07, 6.45) is 2.28. The van der Waals surface area contributed by atoms with E-state index in [1.54, 1.807) is 7.11 Å². The van der Waals surface area contributed by atoms with Gasteiger partial charge in [-0.1, -0.05) is 37.9 Å². The molecule has 0 aromatic heterocycles. The predicted octanol–water partition coefficient (Wildman–Crippen LogP) is 3.80. The zero-order chi connectivity index (χ0) is 12.0. The Morgan fingerprint density at radius 1 is 1.38 bits per heavy atom. The molecule has 3 heteroatoms. The quantitative estimate of drug-likeness (QED) is 0.818. The highest BCUT2D eigenvalue weighted by molar-refractivity contribution is 6.32. The minimum atomic E-state index is 0.390. The maximum Gasteiger partial charge on any atom is 0.137 e. The molecule has 0 saturated heterocycles. The first-order chi connectivity index (χ1) is 7.72. The van der Waals surface area contributed by atoms with Gasteiger partial charge in [0, 0.05) is 6.04 Å². The highest BCUT2D eigenvalue weighted by Gasteiger charge is 2.11. The van der Waals surface area contributed by atoms with E-state index >= 15 is 0 Å². The molecule has 0 amide bonds. The molecule has 0 heterocycles. The Kier molecular flexibility index (Phi) is 5.64. The average Bonchev–Trinajstić information content (AvgIpc) is 2.29. The van der Waals surface area contributed by atoms with Crippen LogP contribution in [0.4, 0.5) is 0 Å². The molecule has 2 nitrogen and oxygen atoms in total. The highest BCUT2D eigenvalue weighted by Crippen LogP contribution is 2.29. The van der Waals surface area contributed by atoms with Crippen LogP contribution >= 0.6 is 11.6 Å². The zero-order valence-electron chi connectivity index (χ0n) is 10.2. The van der Waals surface area contributed by atoms with Crippen LogP contribution in [0, 0.1) is 0 Å². The zero-order valence-corrected chi connectivity index (χ0v) is 11.0. The second kappa shape index (κ2) is 6.77. The van der Waals surface area contributed by atoms with Gasteiger partial charge in [0.15, 0.2) is 0 Å². The first kappa shape index (κ1) is 13.3. The molecule has 1 N–H and O–H groups in total. The molecule has 16 heavy (non-hydrogen) atoms. The predicted molar refractivity (Wildman–Crippen MR) is 69.3 cm³/mol. The average molecular weight is 242 g/mol. The summed E-state index contributed by atoms with van der Waals surface area (Å²) in [6, 6.07) is 6.37. The Balaban J connectivity index is 2.90. The van der Waals surface area contributed by atoms with Gasteiger partial charge in [-0.25, -0.2) is 0 Å². The summed E-state index contributed by atoms with van der Waals surface area (Å²) >= 11 is 6.01. The van der Waals surface area contributed by atoms with Crippen LogP contribution in [0.2, 0.25) is 5.02 Å². The van der Waals surface area contributed by atoms with Crippen LogP contribution in [-0.4, -0.2) is 13.7 Å². The molecule has 0 spiro atoms. The van der Waals surface area contributed by atoms with E-state index in [4.69, 9.17) is 16.3 Å². The molecule has 1 aromatic carbocycles. The van der Waals surface area contributed by atoms with Crippen LogP contribution in [-0.2, 0) is 0 Å². The molecule has 1 rings (SSSR count). The van der Waals surface area contributed by atoms with Crippen molar-refractivity contribution in [1.29, 1.82) is 0 Å². The summed E-state index contributed by atoms with van der Waals surface area (Å²) in [7, 11) is 1.65. The van der Waals surface area contributed by atoms with Gasteiger partial charge < -0.3 is 10.1 Å². The molecule has 0 fully saturated rings. The number of nitrogens with one attached hydrogen (secondary N) is 1. The summed E-state index contributed by atoms with van der Waals surface area (Å²) in [5.74, 6) is 0.748. The number of hydrogen-bond acceptors (Lipinski definition) is 2. The van der Waals surface area contributed by atoms with Crippen molar-refractivity contribution in [3.8, 4) is 5.75 Å². The number of halogens is 1. The normalized spacial score (nSPS) is 12.5. The van der Waals surface area contributed by atoms with Crippen molar-refractivity contribution >= 4 is 11.6 Å². The van der Waals surface area contributed by atoms with E-state index in [1.165, 1.54) is 5.56 Å². The van der Waals surface area contributed by atoms with E-state index in [9.17, 15) is 0 Å². The molecule has 1 atom stereocenters. The second-order valence-electron chi connectivity index (χ2n) is 3.79. The number of rotatable bonds is 6. The first-order valence-corrected chi connectivity index (χ1v) is 6.17. The lowest BCUT2D eigenvalue weighted by atomic mass is 10.0. The van der Waals surface area contributed by atoms with Gasteiger partial charge in [-0.15, -0.1) is 0 Å². The lowest BCUT2D eigenvalue weighted by Gasteiger charge is -2.18. The largest absolute Gasteiger partial charge is 0.495 e. The van der Waals surface area contributed by atoms with Crippen LogP contribution in [0.5, 0.6) is 5.75 Å². The van der Waals surface area contributed by atoms with Crippen molar-refractivity contribution < 1.29 is 4.74 Å². The molecular formula is C13H20ClNO. The fourth-order valence-corrected chi connectivity index (χ4v) is 2.01. The summed E-state index contributed by atoms with van der Waals surface area (Å²) < 4.78 is 5.23. The standard InChI is InChI=1S/C13H20ClNO/c1-4-6-12(15-5-2)10-7-8-11(14)13(9-10)16-3/h7-9,12,15H,4-6H2,1-3H3. The van der Waals surface area contributed by atoms with Crippen LogP contribution in [0.15, 0.2) is 18.2 Å². The number of ether oxygens (including phenoxy) is 1. The molecule has 1 aromatic rings. The Morgan fingerprint density at radius 3 is 2.69 bits per heavy atom. The van der Waals surface area contributed by atoms with Gasteiger partial charge in [-0.2, -0.15) is 0 Å². The van der Waals surface area contributed by atoms with Gasteiger partial charge in [0.25, 0.3) is 0 Å². The molecule has 0 bridgehead atoms. The maximum atomic E-state index is 6.01. The van der Waals surface area contributed by atoms with Crippen LogP contribution in [0.3, 0.4) is 0 Å². The maximum absolute atomic E-state index is 6.01. The summed E-state index contributed by atoms with van der Waals surface area (Å²) in [5, 5.41) is 4.14. The minimum Gasteiger partial charge on any atom is -0.495 e. The van der Waals surface area contributed by atoms with Gasteiger partial charge in [-0.3, -0.25) is 0 Å². The Morgan fingerprint density at radius 2 is 2.12 bits per heavy atom. The third kappa shape index (κ3) is 3.39. The van der Waals surface area contributed by atoms with Gasteiger partial charge in [0.2, 0.25) is 0 Å². The summed E-state index contributed by atoms with van der Waals surface area (Å²) in [4.78, 5) is 0. The molecule has 90 valence electrons. The molecular weight excluding hydrogens is 222 g/mol. The number of benzene rings is 1. The second-order valence-corrected chi connectivity index (χ2v) is 4.20. The fourth-order valence-electron chi connectivity index (χ4n) is 1.81. The lowest BCUT2D eigenvalue weighted by molar-refractivity contribution is 0.412. The van der Waals surface area contributed by atoms with Crippen molar-refractivity contribution in [3.05, 3.63) is 28.8 Å². The highest BCUT2D eigenvalue weighted by atomic mass is 35.5. The Labute approximate surface area is 103 Å². The first-order valence-electron chi connectivity index (χ1n) is 5.79. The van der Waals surface area contributed by atoms with Crippen LogP contribution in [0.1, 0.15) is 38.3 Å². The van der Waals surface area contributed by atoms with Crippen molar-refractivity contribution in [3.63, 3.8) is 0 Å². The van der Waals surface area contributed by atoms with Crippen LogP contribution in [0.25, 0.3) is 0 Å². The summed E-state index contributed by atoms with van der Waals surface area (Å²) in [5.41, 5.74) is 1.24. The van der Waals surface area contributed by atoms with Crippen LogP contribution < -0.4 is 10.1 Å². The van der Waals surface area contributed by atoms with Gasteiger partial charge in [0.05, 0.1) is 12.1 Å². The van der Waals surface area contributed by atoms with Crippen molar-refractivity contribution in [2.75, 3.05) is 13.7 Å². The van der Waals surface area contributed by atoms with E-state index < -0.39 is 0 Å². The van der Waals surface area contributed by atoms with E-state index in [-0.39, 0.29) is 0 Å². The Hall–Kier alpha value is -0.730. The molecule has 0 aliphatic carbocycles. The molecule has 0 saturated carbocycles. The van der Waals surface area contributed by atoms with E-state index in [1.807, 2.05) is 12.1 Å². The topological polar surface area (TPSA) is 21.3 Å². The molecule has 0 aliphatic heterocycles. The third-order valence-corrected chi connectivity index (χ3v) is 2.92. The minimum absolute atomic E-state index is 0.390. The molecule has 0 aliphatic rings. The van der Waals surface area contributed by atoms with Gasteiger partial charge >= 0.3 is 0 Å². The smallest absolute Gasteiger partial charge is 0.137 e. The summed E-state index contributed by atoms with van der Waals surface area (Å²) in [6.45, 7) is 5.28. The molecule has 1 unspecified atom stereocenters. The Bertz CT molecular complexity index is 322. The number of hydrogen-bond donors (Lipinski definition) is 1.